The Hall–Kier alpha value is -2.94. The summed E-state index contributed by atoms with van der Waals surface area (Å²) in [6, 6.07) is 7.17. The molecule has 1 aliphatic carbocycles. The molecule has 2 fully saturated rings. The molecule has 1 saturated heterocycles. The molecule has 1 unspecified atom stereocenters. The number of benzene rings is 1. The minimum absolute atomic E-state index is 0.0590. The summed E-state index contributed by atoms with van der Waals surface area (Å²) in [4.78, 5) is 31.9. The number of hydrogen-bond acceptors (Lipinski definition) is 4. The van der Waals surface area contributed by atoms with Crippen LogP contribution in [0, 0.1) is 5.92 Å². The van der Waals surface area contributed by atoms with Gasteiger partial charge in [0.15, 0.2) is 0 Å². The Morgan fingerprint density at radius 1 is 1.15 bits per heavy atom. The van der Waals surface area contributed by atoms with Crippen molar-refractivity contribution in [2.45, 2.75) is 57.1 Å². The summed E-state index contributed by atoms with van der Waals surface area (Å²) < 4.78 is 47.0. The molecule has 4 rings (SSSR count). The van der Waals surface area contributed by atoms with Gasteiger partial charge >= 0.3 is 6.18 Å². The van der Waals surface area contributed by atoms with Crippen molar-refractivity contribution in [1.82, 2.24) is 15.2 Å². The molecule has 2 heterocycles. The molecule has 1 spiro atoms. The van der Waals surface area contributed by atoms with Crippen molar-refractivity contribution in [2.75, 3.05) is 6.61 Å². The number of nitrogens with zero attached hydrogens (tertiary/aromatic N) is 2. The number of aromatic nitrogens is 1. The molecule has 6 nitrogen and oxygen atoms in total. The maximum Gasteiger partial charge on any atom is 0.417 e. The van der Waals surface area contributed by atoms with Crippen LogP contribution in [0.2, 0.25) is 0 Å². The first-order valence-electron chi connectivity index (χ1n) is 11.0. The van der Waals surface area contributed by atoms with Crippen molar-refractivity contribution in [1.29, 1.82) is 0 Å². The van der Waals surface area contributed by atoms with E-state index in [2.05, 4.69) is 17.2 Å². The van der Waals surface area contributed by atoms with E-state index in [1.54, 1.807) is 24.5 Å². The second-order valence-corrected chi connectivity index (χ2v) is 8.75. The largest absolute Gasteiger partial charge is 0.417 e. The fraction of sp³-hybridized carbons (Fsp3) is 0.458. The van der Waals surface area contributed by atoms with Crippen LogP contribution in [0.15, 0.2) is 48.8 Å². The van der Waals surface area contributed by atoms with Crippen molar-refractivity contribution in [3.05, 3.63) is 65.5 Å². The van der Waals surface area contributed by atoms with E-state index < -0.39 is 40.9 Å². The number of halogens is 3. The van der Waals surface area contributed by atoms with Crippen LogP contribution in [0.5, 0.6) is 0 Å². The van der Waals surface area contributed by atoms with Crippen molar-refractivity contribution in [2.24, 2.45) is 5.92 Å². The maximum absolute atomic E-state index is 13.7. The highest BCUT2D eigenvalue weighted by molar-refractivity contribution is 5.99. The topological polar surface area (TPSA) is 71.5 Å². The maximum atomic E-state index is 13.7. The van der Waals surface area contributed by atoms with Gasteiger partial charge in [0.2, 0.25) is 5.91 Å². The van der Waals surface area contributed by atoms with Gasteiger partial charge in [0, 0.05) is 18.9 Å². The van der Waals surface area contributed by atoms with Gasteiger partial charge in [-0.1, -0.05) is 19.1 Å². The Morgan fingerprint density at radius 2 is 1.82 bits per heavy atom. The average molecular weight is 461 g/mol. The lowest BCUT2D eigenvalue weighted by atomic mass is 9.83. The fourth-order valence-corrected chi connectivity index (χ4v) is 4.63. The number of alkyl halides is 3. The zero-order valence-electron chi connectivity index (χ0n) is 18.3. The van der Waals surface area contributed by atoms with Gasteiger partial charge in [-0.2, -0.15) is 13.2 Å². The van der Waals surface area contributed by atoms with Crippen LogP contribution in [0.4, 0.5) is 13.2 Å². The summed E-state index contributed by atoms with van der Waals surface area (Å²) in [6.07, 6.45) is 0.973. The molecule has 2 amide bonds. The molecule has 1 N–H and O–H groups in total. The molecule has 1 saturated carbocycles. The summed E-state index contributed by atoms with van der Waals surface area (Å²) in [6.45, 7) is 2.24. The molecule has 2 aromatic rings. The number of nitrogens with one attached hydrogen (secondary N) is 1. The van der Waals surface area contributed by atoms with E-state index in [-0.39, 0.29) is 13.2 Å². The first-order valence-corrected chi connectivity index (χ1v) is 11.0. The molecule has 1 aliphatic heterocycles. The zero-order valence-corrected chi connectivity index (χ0v) is 18.3. The number of pyridine rings is 1. The van der Waals surface area contributed by atoms with E-state index in [0.717, 1.165) is 30.5 Å². The third-order valence-corrected chi connectivity index (χ3v) is 6.52. The lowest BCUT2D eigenvalue weighted by molar-refractivity contribution is -0.138. The van der Waals surface area contributed by atoms with E-state index in [1.165, 1.54) is 17.0 Å². The van der Waals surface area contributed by atoms with Gasteiger partial charge in [-0.25, -0.2) is 0 Å². The first-order chi connectivity index (χ1) is 15.7. The molecule has 1 atom stereocenters. The van der Waals surface area contributed by atoms with Gasteiger partial charge in [-0.15, -0.1) is 0 Å². The molecule has 1 aromatic heterocycles. The van der Waals surface area contributed by atoms with E-state index in [1.807, 2.05) is 0 Å². The first kappa shape index (κ1) is 23.2. The fourth-order valence-electron chi connectivity index (χ4n) is 4.63. The Kier molecular flexibility index (Phi) is 6.43. The van der Waals surface area contributed by atoms with Crippen LogP contribution < -0.4 is 5.32 Å². The highest BCUT2D eigenvalue weighted by Crippen LogP contribution is 2.44. The third-order valence-electron chi connectivity index (χ3n) is 6.52. The normalized spacial score (nSPS) is 25.3. The smallest absolute Gasteiger partial charge is 0.353 e. The Labute approximate surface area is 190 Å². The zero-order chi connectivity index (χ0) is 23.6. The lowest BCUT2D eigenvalue weighted by Gasteiger charge is -2.43. The van der Waals surface area contributed by atoms with Gasteiger partial charge in [-0.3, -0.25) is 19.5 Å². The number of carbonyl (C=O) groups excluding carboxylic acids is 2. The minimum atomic E-state index is -4.69. The van der Waals surface area contributed by atoms with Gasteiger partial charge in [0.1, 0.15) is 11.8 Å². The minimum Gasteiger partial charge on any atom is -0.353 e. The summed E-state index contributed by atoms with van der Waals surface area (Å²) in [5.41, 5.74) is -1.75. The van der Waals surface area contributed by atoms with E-state index in [9.17, 15) is 22.8 Å². The number of hydrogen-bond donors (Lipinski definition) is 1. The Morgan fingerprint density at radius 3 is 2.48 bits per heavy atom. The van der Waals surface area contributed by atoms with E-state index in [4.69, 9.17) is 4.74 Å². The summed E-state index contributed by atoms with van der Waals surface area (Å²) in [5.74, 6) is -0.877. The number of amides is 2. The van der Waals surface area contributed by atoms with Crippen molar-refractivity contribution in [3.8, 4) is 0 Å². The highest BCUT2D eigenvalue weighted by atomic mass is 19.4. The quantitative estimate of drug-likeness (QED) is 0.742. The molecule has 0 radical (unpaired) electrons. The van der Waals surface area contributed by atoms with Gasteiger partial charge in [0.25, 0.3) is 5.91 Å². The van der Waals surface area contributed by atoms with Crippen LogP contribution in [0.3, 0.4) is 0 Å². The van der Waals surface area contributed by atoms with Crippen molar-refractivity contribution in [3.63, 3.8) is 0 Å². The predicted octanol–water partition coefficient (Wildman–Crippen LogP) is 4.16. The number of rotatable bonds is 4. The van der Waals surface area contributed by atoms with Crippen molar-refractivity contribution < 1.29 is 27.5 Å². The summed E-state index contributed by atoms with van der Waals surface area (Å²) >= 11 is 0. The molecule has 176 valence electrons. The summed E-state index contributed by atoms with van der Waals surface area (Å²) in [7, 11) is 0. The predicted molar refractivity (Wildman–Crippen MR) is 114 cm³/mol. The molecular weight excluding hydrogens is 435 g/mol. The standard InChI is InChI=1S/C24H26F3N3O3/c1-16-6-10-23(11-7-16)30(22(32)18-4-2-3-5-19(18)24(25,26)27)20(15-33-23)21(31)29-14-17-8-12-28-13-9-17/h2-5,8-9,12-13,16,20H,6-7,10-11,14-15H2,1H3,(H,29,31). The van der Waals surface area contributed by atoms with Crippen LogP contribution in [-0.4, -0.2) is 40.1 Å². The van der Waals surface area contributed by atoms with Crippen molar-refractivity contribution >= 4 is 11.8 Å². The molecule has 2 aliphatic rings. The Bertz CT molecular complexity index is 1000. The molecular formula is C24H26F3N3O3. The molecule has 1 aromatic carbocycles. The van der Waals surface area contributed by atoms with Gasteiger partial charge in [-0.05, 0) is 61.4 Å². The van der Waals surface area contributed by atoms with E-state index in [0.29, 0.717) is 18.8 Å². The SMILES string of the molecule is CC1CCC2(CC1)OCC(C(=O)NCc1ccncc1)N2C(=O)c1ccccc1C(F)(F)F. The second-order valence-electron chi connectivity index (χ2n) is 8.75. The van der Waals surface area contributed by atoms with Crippen LogP contribution >= 0.6 is 0 Å². The molecule has 33 heavy (non-hydrogen) atoms. The van der Waals surface area contributed by atoms with Crippen LogP contribution in [-0.2, 0) is 22.3 Å². The highest BCUT2D eigenvalue weighted by Gasteiger charge is 2.54. The summed E-state index contributed by atoms with van der Waals surface area (Å²) in [5, 5.41) is 2.79. The molecule has 0 bridgehead atoms. The van der Waals surface area contributed by atoms with Gasteiger partial charge in [0.05, 0.1) is 17.7 Å². The lowest BCUT2D eigenvalue weighted by Crippen LogP contribution is -2.57. The monoisotopic (exact) mass is 461 g/mol. The van der Waals surface area contributed by atoms with E-state index >= 15 is 0 Å². The second kappa shape index (κ2) is 9.13. The van der Waals surface area contributed by atoms with Crippen LogP contribution in [0.25, 0.3) is 0 Å². The third kappa shape index (κ3) is 4.73. The average Bonchev–Trinajstić information content (AvgIpc) is 3.18. The Balaban J connectivity index is 1.65. The number of carbonyl (C=O) groups is 2. The van der Waals surface area contributed by atoms with Crippen LogP contribution in [0.1, 0.15) is 54.1 Å². The molecule has 9 heteroatoms. The van der Waals surface area contributed by atoms with Gasteiger partial charge < -0.3 is 10.1 Å². The number of ether oxygens (including phenoxy) is 1.